The van der Waals surface area contributed by atoms with Gasteiger partial charge in [-0.3, -0.25) is 0 Å². The van der Waals surface area contributed by atoms with Crippen LogP contribution < -0.4 is 10.6 Å². The molecule has 1 heterocycles. The van der Waals surface area contributed by atoms with Crippen molar-refractivity contribution in [3.05, 3.63) is 75.5 Å². The molecular formula is C19H18Cl2N4S. The molecule has 2 aromatic carbocycles. The Balaban J connectivity index is 1.50. The van der Waals surface area contributed by atoms with Crippen molar-refractivity contribution in [2.45, 2.75) is 20.4 Å². The summed E-state index contributed by atoms with van der Waals surface area (Å²) in [5, 5.41) is 9.03. The molecule has 7 heteroatoms. The van der Waals surface area contributed by atoms with Crippen LogP contribution in [0.25, 0.3) is 0 Å². The van der Waals surface area contributed by atoms with Crippen LogP contribution in [0.5, 0.6) is 0 Å². The van der Waals surface area contributed by atoms with E-state index < -0.39 is 0 Å². The lowest BCUT2D eigenvalue weighted by Crippen LogP contribution is -2.19. The van der Waals surface area contributed by atoms with E-state index in [4.69, 9.17) is 23.2 Å². The highest BCUT2D eigenvalue weighted by molar-refractivity contribution is 8.29. The minimum Gasteiger partial charge on any atom is -0.383 e. The topological polar surface area (TPSA) is 48.8 Å². The molecule has 0 amide bonds. The van der Waals surface area contributed by atoms with E-state index >= 15 is 0 Å². The second kappa shape index (κ2) is 8.62. The van der Waals surface area contributed by atoms with Gasteiger partial charge < -0.3 is 10.6 Å². The number of rotatable bonds is 5. The maximum Gasteiger partial charge on any atom is 0.197 e. The monoisotopic (exact) mass is 404 g/mol. The molecule has 3 rings (SSSR count). The maximum atomic E-state index is 6.00. The Morgan fingerprint density at radius 3 is 2.58 bits per heavy atom. The number of amidine groups is 2. The molecule has 0 bridgehead atoms. The predicted octanol–water partition coefficient (Wildman–Crippen LogP) is 5.82. The van der Waals surface area contributed by atoms with Crippen molar-refractivity contribution in [2.24, 2.45) is 9.98 Å². The number of halogens is 2. The van der Waals surface area contributed by atoms with E-state index in [0.29, 0.717) is 15.2 Å². The lowest BCUT2D eigenvalue weighted by Gasteiger charge is -2.16. The van der Waals surface area contributed by atoms with Gasteiger partial charge in [-0.05, 0) is 49.4 Å². The average Bonchev–Trinajstić information content (AvgIpc) is 2.59. The van der Waals surface area contributed by atoms with Crippen molar-refractivity contribution >= 4 is 51.0 Å². The van der Waals surface area contributed by atoms with Gasteiger partial charge in [0.1, 0.15) is 0 Å². The fraction of sp³-hybridized carbons (Fsp3) is 0.158. The number of hydrogen-bond donors (Lipinski definition) is 2. The summed E-state index contributed by atoms with van der Waals surface area (Å²) in [7, 11) is 0. The first-order valence-electron chi connectivity index (χ1n) is 8.02. The molecule has 4 nitrogen and oxygen atoms in total. The Bertz CT molecular complexity index is 889. The van der Waals surface area contributed by atoms with Crippen LogP contribution in [-0.4, -0.2) is 10.3 Å². The highest BCUT2D eigenvalue weighted by Gasteiger charge is 2.17. The third-order valence-electron chi connectivity index (χ3n) is 3.62. The molecule has 0 fully saturated rings. The van der Waals surface area contributed by atoms with E-state index in [2.05, 4.69) is 51.8 Å². The summed E-state index contributed by atoms with van der Waals surface area (Å²) in [5.74, 6) is 0. The predicted molar refractivity (Wildman–Crippen MR) is 114 cm³/mol. The van der Waals surface area contributed by atoms with E-state index in [1.54, 1.807) is 18.3 Å². The Kier molecular flexibility index (Phi) is 6.25. The first kappa shape index (κ1) is 18.8. The molecule has 0 aromatic heterocycles. The Morgan fingerprint density at radius 2 is 1.88 bits per heavy atom. The Hall–Kier alpha value is -1.95. The zero-order chi connectivity index (χ0) is 18.5. The summed E-state index contributed by atoms with van der Waals surface area (Å²) < 4.78 is 0. The molecule has 0 aliphatic carbocycles. The number of allylic oxidation sites excluding steroid dienone is 1. The van der Waals surface area contributed by atoms with Gasteiger partial charge in [0.25, 0.3) is 0 Å². The SMILES string of the molecule is C/C(=C/N=C1N=C(Nc2ccc(Cl)c(Cl)c2)S1)NCc1ccc(C)cc1. The highest BCUT2D eigenvalue weighted by atomic mass is 35.5. The molecule has 2 aromatic rings. The first-order chi connectivity index (χ1) is 12.5. The molecule has 0 atom stereocenters. The molecular weight excluding hydrogens is 387 g/mol. The number of nitrogens with one attached hydrogen (secondary N) is 2. The van der Waals surface area contributed by atoms with Gasteiger partial charge in [0, 0.05) is 24.1 Å². The summed E-state index contributed by atoms with van der Waals surface area (Å²) in [6, 6.07) is 13.8. The van der Waals surface area contributed by atoms with Crippen LogP contribution in [-0.2, 0) is 6.54 Å². The van der Waals surface area contributed by atoms with Crippen LogP contribution in [0, 0.1) is 6.92 Å². The van der Waals surface area contributed by atoms with E-state index in [1.165, 1.54) is 22.9 Å². The van der Waals surface area contributed by atoms with E-state index in [9.17, 15) is 0 Å². The number of benzene rings is 2. The summed E-state index contributed by atoms with van der Waals surface area (Å²) >= 11 is 13.4. The molecule has 2 N–H and O–H groups in total. The molecule has 0 radical (unpaired) electrons. The minimum atomic E-state index is 0.508. The van der Waals surface area contributed by atoms with Crippen molar-refractivity contribution in [3.63, 3.8) is 0 Å². The second-order valence-electron chi connectivity index (χ2n) is 5.84. The Morgan fingerprint density at radius 1 is 1.15 bits per heavy atom. The lowest BCUT2D eigenvalue weighted by atomic mass is 10.1. The number of aliphatic imine (C=N–C) groups is 2. The average molecular weight is 405 g/mol. The molecule has 1 aliphatic heterocycles. The first-order valence-corrected chi connectivity index (χ1v) is 9.59. The minimum absolute atomic E-state index is 0.508. The van der Waals surface area contributed by atoms with Gasteiger partial charge in [-0.1, -0.05) is 53.0 Å². The Labute approximate surface area is 167 Å². The van der Waals surface area contributed by atoms with Crippen molar-refractivity contribution in [3.8, 4) is 0 Å². The summed E-state index contributed by atoms with van der Waals surface area (Å²) in [4.78, 5) is 8.70. The highest BCUT2D eigenvalue weighted by Crippen LogP contribution is 2.27. The number of hydrogen-bond acceptors (Lipinski definition) is 4. The fourth-order valence-electron chi connectivity index (χ4n) is 2.13. The lowest BCUT2D eigenvalue weighted by molar-refractivity contribution is 0.808. The molecule has 1 aliphatic rings. The van der Waals surface area contributed by atoms with Gasteiger partial charge in [-0.25, -0.2) is 4.99 Å². The van der Waals surface area contributed by atoms with Gasteiger partial charge >= 0.3 is 0 Å². The van der Waals surface area contributed by atoms with E-state index in [-0.39, 0.29) is 0 Å². The normalized spacial score (nSPS) is 15.5. The van der Waals surface area contributed by atoms with Crippen LogP contribution in [0.2, 0.25) is 10.0 Å². The summed E-state index contributed by atoms with van der Waals surface area (Å²) in [6.07, 6.45) is 1.79. The van der Waals surface area contributed by atoms with E-state index in [0.717, 1.165) is 23.1 Å². The smallest absolute Gasteiger partial charge is 0.197 e. The third-order valence-corrected chi connectivity index (χ3v) is 5.12. The van der Waals surface area contributed by atoms with Gasteiger partial charge in [-0.2, -0.15) is 4.99 Å². The van der Waals surface area contributed by atoms with Crippen molar-refractivity contribution < 1.29 is 0 Å². The van der Waals surface area contributed by atoms with Gasteiger partial charge in [0.15, 0.2) is 10.3 Å². The number of thioether (sulfide) groups is 1. The summed E-state index contributed by atoms with van der Waals surface area (Å²) in [6.45, 7) is 4.84. The number of anilines is 1. The molecule has 26 heavy (non-hydrogen) atoms. The molecule has 0 unspecified atom stereocenters. The van der Waals surface area contributed by atoms with Gasteiger partial charge in [0.2, 0.25) is 0 Å². The molecule has 0 spiro atoms. The van der Waals surface area contributed by atoms with E-state index in [1.807, 2.05) is 13.0 Å². The van der Waals surface area contributed by atoms with Gasteiger partial charge in [0.05, 0.1) is 10.0 Å². The molecule has 134 valence electrons. The van der Waals surface area contributed by atoms with Crippen LogP contribution >= 0.6 is 35.0 Å². The van der Waals surface area contributed by atoms with Crippen LogP contribution in [0.3, 0.4) is 0 Å². The maximum absolute atomic E-state index is 6.00. The standard InChI is InChI=1S/C19H18Cl2N4S/c1-12-3-5-14(6-4-12)11-22-13(2)10-23-18-25-19(26-18)24-15-7-8-16(20)17(21)9-15/h3-10,22H,11H2,1-2H3,(H,23,24,25)/b13-10-. The zero-order valence-electron chi connectivity index (χ0n) is 14.4. The van der Waals surface area contributed by atoms with Crippen molar-refractivity contribution in [2.75, 3.05) is 5.32 Å². The van der Waals surface area contributed by atoms with Crippen LogP contribution in [0.1, 0.15) is 18.1 Å². The molecule has 0 saturated heterocycles. The molecule has 0 saturated carbocycles. The quantitative estimate of drug-likeness (QED) is 0.659. The fourth-order valence-corrected chi connectivity index (χ4v) is 3.01. The summed E-state index contributed by atoms with van der Waals surface area (Å²) in [5.41, 5.74) is 4.33. The van der Waals surface area contributed by atoms with Crippen LogP contribution in [0.4, 0.5) is 5.69 Å². The number of aryl methyl sites for hydroxylation is 1. The van der Waals surface area contributed by atoms with Gasteiger partial charge in [-0.15, -0.1) is 0 Å². The van der Waals surface area contributed by atoms with Crippen molar-refractivity contribution in [1.29, 1.82) is 0 Å². The number of nitrogens with zero attached hydrogens (tertiary/aromatic N) is 2. The largest absolute Gasteiger partial charge is 0.383 e. The van der Waals surface area contributed by atoms with Crippen molar-refractivity contribution in [1.82, 2.24) is 5.32 Å². The third kappa shape index (κ3) is 5.27. The zero-order valence-corrected chi connectivity index (χ0v) is 16.7. The van der Waals surface area contributed by atoms with Crippen LogP contribution in [0.15, 0.2) is 64.3 Å². The second-order valence-corrected chi connectivity index (χ2v) is 7.61.